The lowest BCUT2D eigenvalue weighted by Crippen LogP contribution is -2.24. The van der Waals surface area contributed by atoms with Gasteiger partial charge >= 0.3 is 0 Å². The van der Waals surface area contributed by atoms with Crippen molar-refractivity contribution in [3.8, 4) is 0 Å². The van der Waals surface area contributed by atoms with Crippen LogP contribution in [-0.4, -0.2) is 22.3 Å². The Kier molecular flexibility index (Phi) is 4.41. The fraction of sp³-hybridized carbons (Fsp3) is 0.294. The van der Waals surface area contributed by atoms with Crippen LogP contribution >= 0.6 is 11.8 Å². The molecule has 2 aromatic carbocycles. The molecule has 1 aliphatic heterocycles. The van der Waals surface area contributed by atoms with Crippen molar-refractivity contribution in [2.24, 2.45) is 0 Å². The Morgan fingerprint density at radius 3 is 2.70 bits per heavy atom. The second kappa shape index (κ2) is 6.44. The third-order valence-corrected chi connectivity index (χ3v) is 4.71. The van der Waals surface area contributed by atoms with E-state index < -0.39 is 0 Å². The average Bonchev–Trinajstić information content (AvgIpc) is 2.69. The minimum absolute atomic E-state index is 0.122. The SMILES string of the molecule is OCc1ccc2c(c1)CN(Cc1ccccc1)CCS2. The van der Waals surface area contributed by atoms with Crippen LogP contribution in [0, 0.1) is 0 Å². The number of hydrogen-bond acceptors (Lipinski definition) is 3. The van der Waals surface area contributed by atoms with Crippen molar-refractivity contribution in [3.05, 3.63) is 65.2 Å². The molecule has 0 fully saturated rings. The van der Waals surface area contributed by atoms with E-state index in [4.69, 9.17) is 0 Å². The highest BCUT2D eigenvalue weighted by molar-refractivity contribution is 7.99. The Morgan fingerprint density at radius 1 is 1.05 bits per heavy atom. The molecule has 20 heavy (non-hydrogen) atoms. The number of aliphatic hydroxyl groups excluding tert-OH is 1. The summed E-state index contributed by atoms with van der Waals surface area (Å²) < 4.78 is 0. The Balaban J connectivity index is 1.78. The average molecular weight is 285 g/mol. The van der Waals surface area contributed by atoms with Gasteiger partial charge in [0.05, 0.1) is 6.61 Å². The van der Waals surface area contributed by atoms with Crippen LogP contribution in [0.2, 0.25) is 0 Å². The second-order valence-corrected chi connectivity index (χ2v) is 6.28. The van der Waals surface area contributed by atoms with Gasteiger partial charge in [-0.05, 0) is 22.8 Å². The van der Waals surface area contributed by atoms with Gasteiger partial charge in [0.2, 0.25) is 0 Å². The number of rotatable bonds is 3. The predicted octanol–water partition coefficient (Wildman–Crippen LogP) is 3.29. The van der Waals surface area contributed by atoms with Gasteiger partial charge in [0.25, 0.3) is 0 Å². The zero-order valence-corrected chi connectivity index (χ0v) is 12.3. The molecule has 0 saturated heterocycles. The molecule has 3 heteroatoms. The van der Waals surface area contributed by atoms with Gasteiger partial charge in [0.1, 0.15) is 0 Å². The van der Waals surface area contributed by atoms with Crippen LogP contribution in [0.1, 0.15) is 16.7 Å². The maximum atomic E-state index is 9.29. The van der Waals surface area contributed by atoms with Crippen molar-refractivity contribution in [2.75, 3.05) is 12.3 Å². The molecule has 0 saturated carbocycles. The van der Waals surface area contributed by atoms with Crippen molar-refractivity contribution in [3.63, 3.8) is 0 Å². The van der Waals surface area contributed by atoms with Crippen LogP contribution in [0.5, 0.6) is 0 Å². The summed E-state index contributed by atoms with van der Waals surface area (Å²) in [5.41, 5.74) is 3.71. The normalized spacial score (nSPS) is 15.7. The second-order valence-electron chi connectivity index (χ2n) is 5.14. The molecule has 0 amide bonds. The summed E-state index contributed by atoms with van der Waals surface area (Å²) in [4.78, 5) is 3.84. The number of nitrogens with zero attached hydrogens (tertiary/aromatic N) is 1. The summed E-state index contributed by atoms with van der Waals surface area (Å²) in [6.45, 7) is 3.18. The van der Waals surface area contributed by atoms with Crippen molar-refractivity contribution in [1.82, 2.24) is 4.90 Å². The number of aliphatic hydroxyl groups is 1. The Morgan fingerprint density at radius 2 is 1.90 bits per heavy atom. The first-order chi connectivity index (χ1) is 9.85. The Hall–Kier alpha value is -1.29. The van der Waals surface area contributed by atoms with Gasteiger partial charge in [-0.25, -0.2) is 0 Å². The van der Waals surface area contributed by atoms with Crippen molar-refractivity contribution in [2.45, 2.75) is 24.6 Å². The zero-order chi connectivity index (χ0) is 13.8. The highest BCUT2D eigenvalue weighted by Gasteiger charge is 2.15. The van der Waals surface area contributed by atoms with E-state index in [9.17, 15) is 5.11 Å². The summed E-state index contributed by atoms with van der Waals surface area (Å²) >= 11 is 1.92. The third kappa shape index (κ3) is 3.23. The topological polar surface area (TPSA) is 23.5 Å². The number of hydrogen-bond donors (Lipinski definition) is 1. The van der Waals surface area contributed by atoms with Crippen LogP contribution in [0.4, 0.5) is 0 Å². The quantitative estimate of drug-likeness (QED) is 0.936. The fourth-order valence-corrected chi connectivity index (χ4v) is 3.62. The fourth-order valence-electron chi connectivity index (χ4n) is 2.58. The smallest absolute Gasteiger partial charge is 0.0681 e. The predicted molar refractivity (Wildman–Crippen MR) is 83.6 cm³/mol. The molecule has 1 heterocycles. The molecule has 0 atom stereocenters. The van der Waals surface area contributed by atoms with E-state index in [1.807, 2.05) is 17.8 Å². The molecule has 2 nitrogen and oxygen atoms in total. The molecule has 0 aliphatic carbocycles. The van der Waals surface area contributed by atoms with Crippen LogP contribution in [-0.2, 0) is 19.7 Å². The van der Waals surface area contributed by atoms with Crippen molar-refractivity contribution in [1.29, 1.82) is 0 Å². The van der Waals surface area contributed by atoms with Crippen LogP contribution in [0.25, 0.3) is 0 Å². The van der Waals surface area contributed by atoms with Crippen molar-refractivity contribution < 1.29 is 5.11 Å². The Labute approximate surface area is 124 Å². The van der Waals surface area contributed by atoms with Gasteiger partial charge < -0.3 is 5.11 Å². The van der Waals surface area contributed by atoms with E-state index in [1.165, 1.54) is 16.0 Å². The molecular formula is C17H19NOS. The lowest BCUT2D eigenvalue weighted by Gasteiger charge is -2.20. The monoisotopic (exact) mass is 285 g/mol. The van der Waals surface area contributed by atoms with Crippen LogP contribution < -0.4 is 0 Å². The maximum absolute atomic E-state index is 9.29. The lowest BCUT2D eigenvalue weighted by atomic mass is 10.1. The minimum Gasteiger partial charge on any atom is -0.392 e. The van der Waals surface area contributed by atoms with E-state index in [0.717, 1.165) is 31.0 Å². The van der Waals surface area contributed by atoms with Gasteiger partial charge in [-0.2, -0.15) is 0 Å². The zero-order valence-electron chi connectivity index (χ0n) is 11.5. The molecule has 2 aromatic rings. The largest absolute Gasteiger partial charge is 0.392 e. The first kappa shape index (κ1) is 13.7. The highest BCUT2D eigenvalue weighted by atomic mass is 32.2. The molecular weight excluding hydrogens is 266 g/mol. The Bertz CT molecular complexity index is 570. The standard InChI is InChI=1S/C17H19NOS/c19-13-15-6-7-17-16(10-15)12-18(8-9-20-17)11-14-4-2-1-3-5-14/h1-7,10,19H,8-9,11-13H2. The molecule has 1 aliphatic rings. The molecule has 3 rings (SSSR count). The summed E-state index contributed by atoms with van der Waals surface area (Å²) in [5, 5.41) is 9.29. The summed E-state index contributed by atoms with van der Waals surface area (Å²) in [5.74, 6) is 1.12. The van der Waals surface area contributed by atoms with E-state index >= 15 is 0 Å². The molecule has 1 N–H and O–H groups in total. The lowest BCUT2D eigenvalue weighted by molar-refractivity contribution is 0.271. The van der Waals surface area contributed by atoms with E-state index in [0.29, 0.717) is 0 Å². The summed E-state index contributed by atoms with van der Waals surface area (Å²) in [6, 6.07) is 16.9. The van der Waals surface area contributed by atoms with Gasteiger partial charge in [-0.15, -0.1) is 11.8 Å². The number of thioether (sulfide) groups is 1. The van der Waals surface area contributed by atoms with Crippen molar-refractivity contribution >= 4 is 11.8 Å². The minimum atomic E-state index is 0.122. The van der Waals surface area contributed by atoms with Gasteiger partial charge in [-0.3, -0.25) is 4.90 Å². The van der Waals surface area contributed by atoms with Gasteiger partial charge in [0, 0.05) is 30.3 Å². The van der Waals surface area contributed by atoms with E-state index in [2.05, 4.69) is 47.4 Å². The first-order valence-corrected chi connectivity index (χ1v) is 7.95. The van der Waals surface area contributed by atoms with Crippen LogP contribution in [0.15, 0.2) is 53.4 Å². The molecule has 0 unspecified atom stereocenters. The maximum Gasteiger partial charge on any atom is 0.0681 e. The summed E-state index contributed by atoms with van der Waals surface area (Å²) in [7, 11) is 0. The van der Waals surface area contributed by atoms with E-state index in [1.54, 1.807) is 0 Å². The van der Waals surface area contributed by atoms with E-state index in [-0.39, 0.29) is 6.61 Å². The third-order valence-electron chi connectivity index (χ3n) is 3.62. The number of benzene rings is 2. The molecule has 0 spiro atoms. The van der Waals surface area contributed by atoms with Gasteiger partial charge in [0.15, 0.2) is 0 Å². The highest BCUT2D eigenvalue weighted by Crippen LogP contribution is 2.29. The van der Waals surface area contributed by atoms with Gasteiger partial charge in [-0.1, -0.05) is 42.5 Å². The van der Waals surface area contributed by atoms with Crippen LogP contribution in [0.3, 0.4) is 0 Å². The molecule has 0 bridgehead atoms. The number of fused-ring (bicyclic) bond motifs is 1. The molecule has 0 aromatic heterocycles. The molecule has 0 radical (unpaired) electrons. The molecule has 104 valence electrons. The first-order valence-electron chi connectivity index (χ1n) is 6.97. The summed E-state index contributed by atoms with van der Waals surface area (Å²) in [6.07, 6.45) is 0.